The number of nitrogens with zero attached hydrogens (tertiary/aromatic N) is 2. The molecule has 0 aromatic heterocycles. The molecule has 134 valence electrons. The maximum atomic E-state index is 12.9. The minimum atomic E-state index is -0.558. The smallest absolute Gasteiger partial charge is 0.253 e. The predicted octanol–water partition coefficient (Wildman–Crippen LogP) is -0.335. The van der Waals surface area contributed by atoms with E-state index in [2.05, 4.69) is 23.0 Å². The Morgan fingerprint density at radius 3 is 2.72 bits per heavy atom. The topological polar surface area (TPSA) is 73.9 Å². The van der Waals surface area contributed by atoms with E-state index in [1.165, 1.54) is 11.1 Å². The molecule has 2 unspecified atom stereocenters. The fourth-order valence-electron chi connectivity index (χ4n) is 3.78. The van der Waals surface area contributed by atoms with Gasteiger partial charge in [0.2, 0.25) is 5.91 Å². The number of ether oxygens (including phenoxy) is 1. The summed E-state index contributed by atoms with van der Waals surface area (Å²) in [4.78, 5) is 29.1. The fraction of sp³-hybridized carbons (Fsp3) is 0.556. The van der Waals surface area contributed by atoms with Crippen molar-refractivity contribution in [2.45, 2.75) is 31.5 Å². The summed E-state index contributed by atoms with van der Waals surface area (Å²) in [6.45, 7) is 3.41. The van der Waals surface area contributed by atoms with Crippen LogP contribution in [-0.2, 0) is 27.3 Å². The van der Waals surface area contributed by atoms with Crippen molar-refractivity contribution in [1.82, 2.24) is 20.7 Å². The van der Waals surface area contributed by atoms with Gasteiger partial charge in [0.05, 0.1) is 13.2 Å². The Kier molecular flexibility index (Phi) is 4.70. The van der Waals surface area contributed by atoms with Crippen molar-refractivity contribution in [2.75, 3.05) is 32.8 Å². The van der Waals surface area contributed by atoms with Crippen LogP contribution in [0.25, 0.3) is 0 Å². The zero-order valence-electron chi connectivity index (χ0n) is 14.2. The number of nitrogens with one attached hydrogen (secondary N) is 2. The number of fused-ring (bicyclic) bond motifs is 1. The van der Waals surface area contributed by atoms with Crippen molar-refractivity contribution in [1.29, 1.82) is 0 Å². The summed E-state index contributed by atoms with van der Waals surface area (Å²) >= 11 is 0. The van der Waals surface area contributed by atoms with Gasteiger partial charge in [-0.15, -0.1) is 0 Å². The van der Waals surface area contributed by atoms with E-state index in [4.69, 9.17) is 4.74 Å². The maximum Gasteiger partial charge on any atom is 0.253 e. The van der Waals surface area contributed by atoms with Crippen molar-refractivity contribution >= 4 is 11.8 Å². The van der Waals surface area contributed by atoms with Crippen LogP contribution in [0.4, 0.5) is 0 Å². The van der Waals surface area contributed by atoms with Crippen molar-refractivity contribution < 1.29 is 14.3 Å². The Balaban J connectivity index is 1.39. The molecule has 2 saturated heterocycles. The van der Waals surface area contributed by atoms with E-state index >= 15 is 0 Å². The lowest BCUT2D eigenvalue weighted by molar-refractivity contribution is -0.155. The van der Waals surface area contributed by atoms with E-state index < -0.39 is 6.10 Å². The minimum absolute atomic E-state index is 0.00971. The van der Waals surface area contributed by atoms with Gasteiger partial charge in [-0.05, 0) is 24.0 Å². The van der Waals surface area contributed by atoms with Gasteiger partial charge < -0.3 is 14.5 Å². The van der Waals surface area contributed by atoms with E-state index in [0.717, 1.165) is 19.4 Å². The van der Waals surface area contributed by atoms with Gasteiger partial charge in [-0.1, -0.05) is 24.3 Å². The van der Waals surface area contributed by atoms with Gasteiger partial charge in [0.25, 0.3) is 5.91 Å². The van der Waals surface area contributed by atoms with Crippen LogP contribution in [0.5, 0.6) is 0 Å². The largest absolute Gasteiger partial charge is 0.365 e. The molecule has 0 aliphatic carbocycles. The molecule has 4 rings (SSSR count). The van der Waals surface area contributed by atoms with E-state index in [0.29, 0.717) is 32.8 Å². The highest BCUT2D eigenvalue weighted by Crippen LogP contribution is 2.20. The van der Waals surface area contributed by atoms with E-state index in [1.54, 1.807) is 4.90 Å². The number of amides is 2. The molecule has 2 fully saturated rings. The molecule has 2 N–H and O–H groups in total. The first kappa shape index (κ1) is 16.5. The number of hydrogen-bond acceptors (Lipinski definition) is 5. The molecule has 3 heterocycles. The first-order chi connectivity index (χ1) is 12.2. The van der Waals surface area contributed by atoms with Crippen molar-refractivity contribution in [3.63, 3.8) is 0 Å². The second kappa shape index (κ2) is 7.11. The summed E-state index contributed by atoms with van der Waals surface area (Å²) in [5.74, 6) is 0.0413. The first-order valence-corrected chi connectivity index (χ1v) is 8.97. The molecule has 2 amide bonds. The van der Waals surface area contributed by atoms with Gasteiger partial charge in [-0.2, -0.15) is 0 Å². The third kappa shape index (κ3) is 3.40. The van der Waals surface area contributed by atoms with Crippen LogP contribution in [0.3, 0.4) is 0 Å². The second-order valence-electron chi connectivity index (χ2n) is 6.83. The Morgan fingerprint density at radius 2 is 1.92 bits per heavy atom. The van der Waals surface area contributed by atoms with E-state index in [1.807, 2.05) is 17.0 Å². The molecule has 3 aliphatic heterocycles. The van der Waals surface area contributed by atoms with Gasteiger partial charge in [-0.25, -0.2) is 5.43 Å². The molecule has 0 radical (unpaired) electrons. The molecule has 3 aliphatic rings. The molecule has 25 heavy (non-hydrogen) atoms. The Hall–Kier alpha value is -1.96. The van der Waals surface area contributed by atoms with Gasteiger partial charge in [0.15, 0.2) is 6.10 Å². The fourth-order valence-corrected chi connectivity index (χ4v) is 3.78. The van der Waals surface area contributed by atoms with Gasteiger partial charge in [0, 0.05) is 26.2 Å². The normalized spacial score (nSPS) is 26.4. The lowest BCUT2D eigenvalue weighted by atomic mass is 9.99. The number of hydrogen-bond donors (Lipinski definition) is 2. The van der Waals surface area contributed by atoms with Crippen LogP contribution in [-0.4, -0.2) is 66.5 Å². The Morgan fingerprint density at radius 1 is 1.08 bits per heavy atom. The average molecular weight is 344 g/mol. The number of benzene rings is 1. The van der Waals surface area contributed by atoms with Crippen LogP contribution in [0.1, 0.15) is 17.5 Å². The van der Waals surface area contributed by atoms with Crippen LogP contribution < -0.4 is 10.9 Å². The van der Waals surface area contributed by atoms with Gasteiger partial charge >= 0.3 is 0 Å². The molecular weight excluding hydrogens is 320 g/mol. The number of hydrazine groups is 1. The molecule has 7 nitrogen and oxygen atoms in total. The van der Waals surface area contributed by atoms with Gasteiger partial charge in [0.1, 0.15) is 6.04 Å². The van der Waals surface area contributed by atoms with Crippen LogP contribution in [0.2, 0.25) is 0 Å². The minimum Gasteiger partial charge on any atom is -0.365 e. The van der Waals surface area contributed by atoms with Crippen LogP contribution in [0.15, 0.2) is 24.3 Å². The zero-order chi connectivity index (χ0) is 17.2. The van der Waals surface area contributed by atoms with E-state index in [-0.39, 0.29) is 17.9 Å². The summed E-state index contributed by atoms with van der Waals surface area (Å²) in [5.41, 5.74) is 8.49. The summed E-state index contributed by atoms with van der Waals surface area (Å²) in [6.07, 6.45) is 1.09. The Bertz CT molecular complexity index is 659. The second-order valence-corrected chi connectivity index (χ2v) is 6.83. The van der Waals surface area contributed by atoms with Crippen molar-refractivity contribution in [2.24, 2.45) is 0 Å². The zero-order valence-corrected chi connectivity index (χ0v) is 14.2. The number of carbonyl (C=O) groups is 2. The summed E-state index contributed by atoms with van der Waals surface area (Å²) in [5, 5.41) is 0. The number of carbonyl (C=O) groups excluding carboxylic acids is 2. The standard InChI is InChI=1S/C18H24N4O3/c23-17(15-5-7-19-20-15)22-9-10-25-16(12-22)18(24)21-8-6-13-3-1-2-4-14(13)11-21/h1-4,15-16,19-20H,5-12H2. The third-order valence-electron chi connectivity index (χ3n) is 5.23. The molecule has 7 heteroatoms. The molecule has 0 saturated carbocycles. The predicted molar refractivity (Wildman–Crippen MR) is 91.4 cm³/mol. The lowest BCUT2D eigenvalue weighted by Gasteiger charge is -2.37. The molecular formula is C18H24N4O3. The van der Waals surface area contributed by atoms with Crippen LogP contribution >= 0.6 is 0 Å². The van der Waals surface area contributed by atoms with Crippen molar-refractivity contribution in [3.8, 4) is 0 Å². The lowest BCUT2D eigenvalue weighted by Crippen LogP contribution is -2.56. The monoisotopic (exact) mass is 344 g/mol. The quantitative estimate of drug-likeness (QED) is 0.768. The third-order valence-corrected chi connectivity index (χ3v) is 5.23. The highest BCUT2D eigenvalue weighted by molar-refractivity contribution is 5.85. The summed E-state index contributed by atoms with van der Waals surface area (Å²) < 4.78 is 5.70. The summed E-state index contributed by atoms with van der Waals surface area (Å²) in [7, 11) is 0. The SMILES string of the molecule is O=C(C1CCNN1)N1CCOC(C(=O)N2CCc3ccccc3C2)C1. The number of rotatable bonds is 2. The molecule has 1 aromatic carbocycles. The summed E-state index contributed by atoms with van der Waals surface area (Å²) in [6, 6.07) is 8.04. The highest BCUT2D eigenvalue weighted by Gasteiger charge is 2.35. The Labute approximate surface area is 147 Å². The van der Waals surface area contributed by atoms with Gasteiger partial charge in [-0.3, -0.25) is 15.0 Å². The molecule has 0 bridgehead atoms. The first-order valence-electron chi connectivity index (χ1n) is 8.97. The average Bonchev–Trinajstić information content (AvgIpc) is 3.21. The van der Waals surface area contributed by atoms with Crippen LogP contribution in [0, 0.1) is 0 Å². The van der Waals surface area contributed by atoms with Crippen molar-refractivity contribution in [3.05, 3.63) is 35.4 Å². The number of morpholine rings is 1. The van der Waals surface area contributed by atoms with E-state index in [9.17, 15) is 9.59 Å². The highest BCUT2D eigenvalue weighted by atomic mass is 16.5. The molecule has 0 spiro atoms. The maximum absolute atomic E-state index is 12.9. The molecule has 1 aromatic rings. The molecule has 2 atom stereocenters.